The number of rotatable bonds is 4. The fourth-order valence-corrected chi connectivity index (χ4v) is 4.41. The molecule has 7 heteroatoms. The summed E-state index contributed by atoms with van der Waals surface area (Å²) in [5.41, 5.74) is 6.18. The maximum absolute atomic E-state index is 13.1. The molecule has 1 atom stereocenters. The van der Waals surface area contributed by atoms with Crippen LogP contribution in [0.25, 0.3) is 0 Å². The molecule has 4 nitrogen and oxygen atoms in total. The van der Waals surface area contributed by atoms with Gasteiger partial charge in [0.2, 0.25) is 10.0 Å². The van der Waals surface area contributed by atoms with Crippen molar-refractivity contribution in [1.29, 1.82) is 0 Å². The van der Waals surface area contributed by atoms with Gasteiger partial charge >= 0.3 is 0 Å². The van der Waals surface area contributed by atoms with Crippen molar-refractivity contribution in [2.75, 3.05) is 5.73 Å². The molecule has 114 valence electrons. The van der Waals surface area contributed by atoms with E-state index in [0.717, 1.165) is 27.5 Å². The Morgan fingerprint density at radius 1 is 1.29 bits per heavy atom. The van der Waals surface area contributed by atoms with Gasteiger partial charge in [-0.25, -0.2) is 17.5 Å². The number of nitrogen functional groups attached to an aromatic ring is 1. The number of nitrogens with two attached hydrogens (primary N) is 1. The van der Waals surface area contributed by atoms with Crippen molar-refractivity contribution in [2.24, 2.45) is 0 Å². The Kier molecular flexibility index (Phi) is 4.36. The first kappa shape index (κ1) is 15.9. The fraction of sp³-hybridized carbons (Fsp3) is 0.286. The van der Waals surface area contributed by atoms with Crippen molar-refractivity contribution >= 4 is 27.0 Å². The van der Waals surface area contributed by atoms with Crippen molar-refractivity contribution in [3.8, 4) is 0 Å². The van der Waals surface area contributed by atoms with E-state index < -0.39 is 15.8 Å². The smallest absolute Gasteiger partial charge is 0.241 e. The van der Waals surface area contributed by atoms with Crippen LogP contribution in [0.1, 0.15) is 28.3 Å². The number of thiophene rings is 1. The minimum Gasteiger partial charge on any atom is -0.396 e. The molecule has 1 heterocycles. The van der Waals surface area contributed by atoms with Crippen molar-refractivity contribution in [3.63, 3.8) is 0 Å². The number of hydrogen-bond donors (Lipinski definition) is 2. The van der Waals surface area contributed by atoms with Crippen LogP contribution >= 0.6 is 11.3 Å². The number of benzene rings is 1. The third kappa shape index (κ3) is 3.42. The van der Waals surface area contributed by atoms with Crippen LogP contribution < -0.4 is 10.5 Å². The standard InChI is InChI=1S/C14H17FN2O2S2/c1-8-6-12(10(3)20-8)9(2)17-21(18,19)11-4-5-13(15)14(16)7-11/h4-7,9,17H,16H2,1-3H3. The number of aryl methyl sites for hydroxylation is 2. The molecule has 0 spiro atoms. The Hall–Kier alpha value is -1.44. The zero-order chi connectivity index (χ0) is 15.8. The SMILES string of the molecule is Cc1cc(C(C)NS(=O)(=O)c2ccc(F)c(N)c2)c(C)s1. The molecule has 0 fully saturated rings. The number of nitrogens with one attached hydrogen (secondary N) is 1. The summed E-state index contributed by atoms with van der Waals surface area (Å²) in [5, 5.41) is 0. The summed E-state index contributed by atoms with van der Waals surface area (Å²) in [7, 11) is -3.75. The third-order valence-corrected chi connectivity index (χ3v) is 5.68. The van der Waals surface area contributed by atoms with Gasteiger partial charge in [-0.15, -0.1) is 11.3 Å². The Morgan fingerprint density at radius 3 is 2.48 bits per heavy atom. The first-order valence-electron chi connectivity index (χ1n) is 6.35. The molecule has 0 radical (unpaired) electrons. The van der Waals surface area contributed by atoms with Crippen LogP contribution in [0.15, 0.2) is 29.2 Å². The van der Waals surface area contributed by atoms with Crippen molar-refractivity contribution < 1.29 is 12.8 Å². The van der Waals surface area contributed by atoms with E-state index in [2.05, 4.69) is 4.72 Å². The third-order valence-electron chi connectivity index (χ3n) is 3.16. The summed E-state index contributed by atoms with van der Waals surface area (Å²) in [4.78, 5) is 2.15. The molecule has 0 aliphatic carbocycles. The van der Waals surface area contributed by atoms with E-state index in [-0.39, 0.29) is 16.6 Å². The molecule has 0 saturated heterocycles. The lowest BCUT2D eigenvalue weighted by molar-refractivity contribution is 0.566. The van der Waals surface area contributed by atoms with Crippen molar-refractivity contribution in [2.45, 2.75) is 31.7 Å². The van der Waals surface area contributed by atoms with Crippen molar-refractivity contribution in [3.05, 3.63) is 45.4 Å². The summed E-state index contributed by atoms with van der Waals surface area (Å²) < 4.78 is 40.3. The first-order valence-corrected chi connectivity index (χ1v) is 8.65. The topological polar surface area (TPSA) is 72.2 Å². The molecule has 0 amide bonds. The van der Waals surface area contributed by atoms with E-state index >= 15 is 0 Å². The van der Waals surface area contributed by atoms with E-state index in [0.29, 0.717) is 0 Å². The number of halogens is 1. The Balaban J connectivity index is 2.28. The predicted molar refractivity (Wildman–Crippen MR) is 83.3 cm³/mol. The molecule has 2 rings (SSSR count). The van der Waals surface area contributed by atoms with Crippen LogP contribution in [-0.4, -0.2) is 8.42 Å². The molecule has 0 bridgehead atoms. The van der Waals surface area contributed by atoms with E-state index in [1.165, 1.54) is 6.07 Å². The average Bonchev–Trinajstić information content (AvgIpc) is 2.71. The van der Waals surface area contributed by atoms with Gasteiger partial charge in [0.15, 0.2) is 0 Å². The minimum absolute atomic E-state index is 0.0437. The zero-order valence-corrected chi connectivity index (χ0v) is 13.6. The zero-order valence-electron chi connectivity index (χ0n) is 12.0. The highest BCUT2D eigenvalue weighted by atomic mass is 32.2. The monoisotopic (exact) mass is 328 g/mol. The second-order valence-electron chi connectivity index (χ2n) is 4.89. The van der Waals surface area contributed by atoms with E-state index in [4.69, 9.17) is 5.73 Å². The molecule has 1 unspecified atom stereocenters. The lowest BCUT2D eigenvalue weighted by Gasteiger charge is -2.14. The lowest BCUT2D eigenvalue weighted by atomic mass is 10.1. The fourth-order valence-electron chi connectivity index (χ4n) is 2.13. The van der Waals surface area contributed by atoms with E-state index in [1.807, 2.05) is 19.9 Å². The summed E-state index contributed by atoms with van der Waals surface area (Å²) in [6, 6.07) is 4.97. The van der Waals surface area contributed by atoms with Crippen molar-refractivity contribution in [1.82, 2.24) is 4.72 Å². The molecule has 0 aliphatic heterocycles. The highest BCUT2D eigenvalue weighted by Crippen LogP contribution is 2.27. The van der Waals surface area contributed by atoms with E-state index in [9.17, 15) is 12.8 Å². The summed E-state index contributed by atoms with van der Waals surface area (Å²) in [6.07, 6.45) is 0. The summed E-state index contributed by atoms with van der Waals surface area (Å²) in [6.45, 7) is 5.70. The van der Waals surface area contributed by atoms with Gasteiger partial charge in [0.05, 0.1) is 10.6 Å². The largest absolute Gasteiger partial charge is 0.396 e. The molecular weight excluding hydrogens is 311 g/mol. The molecule has 1 aromatic carbocycles. The second kappa shape index (κ2) is 5.75. The Morgan fingerprint density at radius 2 is 1.95 bits per heavy atom. The number of sulfonamides is 1. The normalized spacial score (nSPS) is 13.3. The quantitative estimate of drug-likeness (QED) is 0.847. The summed E-state index contributed by atoms with van der Waals surface area (Å²) in [5.74, 6) is -0.633. The van der Waals surface area contributed by atoms with Gasteiger partial charge in [-0.2, -0.15) is 0 Å². The van der Waals surface area contributed by atoms with Crippen LogP contribution in [0.4, 0.5) is 10.1 Å². The number of hydrogen-bond acceptors (Lipinski definition) is 4. The average molecular weight is 328 g/mol. The maximum Gasteiger partial charge on any atom is 0.241 e. The highest BCUT2D eigenvalue weighted by Gasteiger charge is 2.21. The van der Waals surface area contributed by atoms with Crippen LogP contribution in [0.3, 0.4) is 0 Å². The first-order chi connectivity index (χ1) is 9.70. The molecular formula is C14H17FN2O2S2. The molecule has 0 aliphatic rings. The van der Waals surface area contributed by atoms with Crippen LogP contribution in [0.5, 0.6) is 0 Å². The highest BCUT2D eigenvalue weighted by molar-refractivity contribution is 7.89. The lowest BCUT2D eigenvalue weighted by Crippen LogP contribution is -2.27. The van der Waals surface area contributed by atoms with Gasteiger partial charge in [0.25, 0.3) is 0 Å². The van der Waals surface area contributed by atoms with Gasteiger partial charge in [-0.05, 0) is 50.6 Å². The summed E-state index contributed by atoms with van der Waals surface area (Å²) >= 11 is 1.62. The number of anilines is 1. The Labute approximate surface area is 127 Å². The predicted octanol–water partition coefficient (Wildman–Crippen LogP) is 3.13. The van der Waals surface area contributed by atoms with Gasteiger partial charge < -0.3 is 5.73 Å². The molecule has 1 aromatic heterocycles. The molecule has 0 saturated carbocycles. The molecule has 3 N–H and O–H groups in total. The van der Waals surface area contributed by atoms with Gasteiger partial charge in [0.1, 0.15) is 5.82 Å². The van der Waals surface area contributed by atoms with Crippen LogP contribution in [0.2, 0.25) is 0 Å². The minimum atomic E-state index is -3.75. The van der Waals surface area contributed by atoms with Gasteiger partial charge in [0, 0.05) is 15.8 Å². The second-order valence-corrected chi connectivity index (χ2v) is 8.07. The molecule has 21 heavy (non-hydrogen) atoms. The van der Waals surface area contributed by atoms with Gasteiger partial charge in [-0.3, -0.25) is 0 Å². The Bertz CT molecular complexity index is 769. The van der Waals surface area contributed by atoms with Crippen LogP contribution in [-0.2, 0) is 10.0 Å². The molecule has 2 aromatic rings. The van der Waals surface area contributed by atoms with E-state index in [1.54, 1.807) is 18.3 Å². The maximum atomic E-state index is 13.1. The van der Waals surface area contributed by atoms with Crippen LogP contribution in [0, 0.1) is 19.7 Å². The van der Waals surface area contributed by atoms with Gasteiger partial charge in [-0.1, -0.05) is 0 Å².